The Morgan fingerprint density at radius 2 is 2.05 bits per heavy atom. The largest absolute Gasteiger partial charge is 0.492 e. The second-order valence-electron chi connectivity index (χ2n) is 4.66. The van der Waals surface area contributed by atoms with Gasteiger partial charge in [-0.05, 0) is 30.2 Å². The molecular weight excluding hydrogens is 278 g/mol. The molecule has 0 saturated carbocycles. The first-order valence-corrected chi connectivity index (χ1v) is 6.76. The number of aldehydes is 1. The Balaban J connectivity index is 1.99. The SMILES string of the molecule is CC(C)c1c(C=O)nnn1CCOc1ccc(Cl)cc1. The smallest absolute Gasteiger partial charge is 0.172 e. The molecule has 0 fully saturated rings. The highest BCUT2D eigenvalue weighted by Crippen LogP contribution is 2.17. The van der Waals surface area contributed by atoms with Crippen molar-refractivity contribution < 1.29 is 9.53 Å². The molecule has 0 atom stereocenters. The molecule has 1 aromatic heterocycles. The van der Waals surface area contributed by atoms with Gasteiger partial charge in [0.2, 0.25) is 0 Å². The fourth-order valence-electron chi connectivity index (χ4n) is 1.96. The first-order valence-electron chi connectivity index (χ1n) is 6.38. The number of hydrogen-bond acceptors (Lipinski definition) is 4. The molecule has 20 heavy (non-hydrogen) atoms. The Labute approximate surface area is 122 Å². The average Bonchev–Trinajstić information content (AvgIpc) is 2.84. The molecule has 0 N–H and O–H groups in total. The molecule has 0 aliphatic carbocycles. The lowest BCUT2D eigenvalue weighted by Gasteiger charge is -2.10. The van der Waals surface area contributed by atoms with Crippen molar-refractivity contribution in [1.82, 2.24) is 15.0 Å². The molecule has 0 spiro atoms. The van der Waals surface area contributed by atoms with Crippen molar-refractivity contribution in [1.29, 1.82) is 0 Å². The average molecular weight is 294 g/mol. The van der Waals surface area contributed by atoms with Gasteiger partial charge in [-0.25, -0.2) is 4.68 Å². The fraction of sp³-hybridized carbons (Fsp3) is 0.357. The second kappa shape index (κ2) is 6.52. The third kappa shape index (κ3) is 3.36. The van der Waals surface area contributed by atoms with Crippen LogP contribution in [-0.2, 0) is 6.54 Å². The van der Waals surface area contributed by atoms with Gasteiger partial charge in [-0.15, -0.1) is 5.10 Å². The lowest BCUT2D eigenvalue weighted by Crippen LogP contribution is -2.13. The molecule has 6 heteroatoms. The molecule has 5 nitrogen and oxygen atoms in total. The minimum atomic E-state index is 0.181. The van der Waals surface area contributed by atoms with Gasteiger partial charge in [0, 0.05) is 5.02 Å². The van der Waals surface area contributed by atoms with Crippen molar-refractivity contribution >= 4 is 17.9 Å². The van der Waals surface area contributed by atoms with E-state index in [1.807, 2.05) is 26.0 Å². The first kappa shape index (κ1) is 14.5. The van der Waals surface area contributed by atoms with Gasteiger partial charge < -0.3 is 4.74 Å². The van der Waals surface area contributed by atoms with Crippen LogP contribution >= 0.6 is 11.6 Å². The van der Waals surface area contributed by atoms with Gasteiger partial charge in [-0.2, -0.15) is 0 Å². The molecule has 1 heterocycles. The van der Waals surface area contributed by atoms with E-state index >= 15 is 0 Å². The number of hydrogen-bond donors (Lipinski definition) is 0. The van der Waals surface area contributed by atoms with Crippen molar-refractivity contribution in [2.45, 2.75) is 26.3 Å². The van der Waals surface area contributed by atoms with Gasteiger partial charge in [-0.1, -0.05) is 30.7 Å². The van der Waals surface area contributed by atoms with E-state index < -0.39 is 0 Å². The van der Waals surface area contributed by atoms with Crippen molar-refractivity contribution in [3.63, 3.8) is 0 Å². The van der Waals surface area contributed by atoms with Crippen LogP contribution in [0.4, 0.5) is 0 Å². The van der Waals surface area contributed by atoms with E-state index in [1.165, 1.54) is 0 Å². The number of benzene rings is 1. The van der Waals surface area contributed by atoms with Gasteiger partial charge in [0.15, 0.2) is 6.29 Å². The number of carbonyl (C=O) groups excluding carboxylic acids is 1. The van der Waals surface area contributed by atoms with E-state index in [-0.39, 0.29) is 5.92 Å². The fourth-order valence-corrected chi connectivity index (χ4v) is 2.08. The summed E-state index contributed by atoms with van der Waals surface area (Å²) in [6, 6.07) is 7.17. The highest BCUT2D eigenvalue weighted by atomic mass is 35.5. The van der Waals surface area contributed by atoms with Crippen LogP contribution in [0.1, 0.15) is 35.9 Å². The van der Waals surface area contributed by atoms with E-state index in [4.69, 9.17) is 16.3 Å². The minimum absolute atomic E-state index is 0.181. The normalized spacial score (nSPS) is 10.8. The lowest BCUT2D eigenvalue weighted by molar-refractivity contribution is 0.111. The monoisotopic (exact) mass is 293 g/mol. The highest BCUT2D eigenvalue weighted by Gasteiger charge is 2.15. The van der Waals surface area contributed by atoms with Crippen molar-refractivity contribution in [3.8, 4) is 5.75 Å². The summed E-state index contributed by atoms with van der Waals surface area (Å²) < 4.78 is 7.32. The molecule has 0 aliphatic rings. The van der Waals surface area contributed by atoms with Gasteiger partial charge in [0.1, 0.15) is 18.1 Å². The summed E-state index contributed by atoms with van der Waals surface area (Å²) in [4.78, 5) is 10.9. The van der Waals surface area contributed by atoms with E-state index in [0.29, 0.717) is 23.9 Å². The molecule has 0 radical (unpaired) electrons. The molecule has 106 valence electrons. The van der Waals surface area contributed by atoms with Gasteiger partial charge >= 0.3 is 0 Å². The number of halogens is 1. The van der Waals surface area contributed by atoms with Crippen LogP contribution in [-0.4, -0.2) is 27.9 Å². The third-order valence-electron chi connectivity index (χ3n) is 2.84. The van der Waals surface area contributed by atoms with Crippen LogP contribution in [0.15, 0.2) is 24.3 Å². The predicted octanol–water partition coefficient (Wildman–Crippen LogP) is 2.95. The summed E-state index contributed by atoms with van der Waals surface area (Å²) in [5, 5.41) is 8.53. The summed E-state index contributed by atoms with van der Waals surface area (Å²) >= 11 is 5.80. The van der Waals surface area contributed by atoms with Crippen LogP contribution in [0.25, 0.3) is 0 Å². The Morgan fingerprint density at radius 1 is 1.35 bits per heavy atom. The lowest BCUT2D eigenvalue weighted by atomic mass is 10.1. The standard InChI is InChI=1S/C14H16ClN3O2/c1-10(2)14-13(9-19)16-17-18(14)7-8-20-12-5-3-11(15)4-6-12/h3-6,9-10H,7-8H2,1-2H3. The Bertz CT molecular complexity index is 579. The topological polar surface area (TPSA) is 57.0 Å². The molecule has 0 bridgehead atoms. The Morgan fingerprint density at radius 3 is 2.65 bits per heavy atom. The second-order valence-corrected chi connectivity index (χ2v) is 5.09. The maximum absolute atomic E-state index is 10.9. The molecule has 2 rings (SSSR count). The predicted molar refractivity (Wildman–Crippen MR) is 76.4 cm³/mol. The number of nitrogens with zero attached hydrogens (tertiary/aromatic N) is 3. The zero-order valence-electron chi connectivity index (χ0n) is 11.4. The summed E-state index contributed by atoms with van der Waals surface area (Å²) in [7, 11) is 0. The van der Waals surface area contributed by atoms with Crippen LogP contribution in [0.5, 0.6) is 5.75 Å². The van der Waals surface area contributed by atoms with E-state index in [0.717, 1.165) is 17.7 Å². The van der Waals surface area contributed by atoms with Crippen LogP contribution in [0.2, 0.25) is 5.02 Å². The van der Waals surface area contributed by atoms with E-state index in [1.54, 1.807) is 16.8 Å². The summed E-state index contributed by atoms with van der Waals surface area (Å²) in [5.74, 6) is 0.928. The van der Waals surface area contributed by atoms with Crippen LogP contribution < -0.4 is 4.74 Å². The van der Waals surface area contributed by atoms with Crippen LogP contribution in [0, 0.1) is 0 Å². The molecule has 0 aliphatic heterocycles. The molecule has 0 unspecified atom stereocenters. The van der Waals surface area contributed by atoms with Gasteiger partial charge in [-0.3, -0.25) is 4.79 Å². The quantitative estimate of drug-likeness (QED) is 0.768. The number of carbonyl (C=O) groups is 1. The number of aromatic nitrogens is 3. The highest BCUT2D eigenvalue weighted by molar-refractivity contribution is 6.30. The summed E-state index contributed by atoms with van der Waals surface area (Å²) in [6.45, 7) is 4.99. The molecule has 2 aromatic rings. The van der Waals surface area contributed by atoms with Crippen molar-refractivity contribution in [3.05, 3.63) is 40.7 Å². The first-order chi connectivity index (χ1) is 9.61. The van der Waals surface area contributed by atoms with Crippen molar-refractivity contribution in [2.24, 2.45) is 0 Å². The molecule has 1 aromatic carbocycles. The maximum atomic E-state index is 10.9. The zero-order chi connectivity index (χ0) is 14.5. The zero-order valence-corrected chi connectivity index (χ0v) is 12.2. The van der Waals surface area contributed by atoms with Crippen LogP contribution in [0.3, 0.4) is 0 Å². The van der Waals surface area contributed by atoms with Gasteiger partial charge in [0.25, 0.3) is 0 Å². The summed E-state index contributed by atoms with van der Waals surface area (Å²) in [5.41, 5.74) is 1.23. The number of rotatable bonds is 6. The molecule has 0 saturated heterocycles. The van der Waals surface area contributed by atoms with E-state index in [2.05, 4.69) is 10.3 Å². The minimum Gasteiger partial charge on any atom is -0.492 e. The Hall–Kier alpha value is -1.88. The number of ether oxygens (including phenoxy) is 1. The third-order valence-corrected chi connectivity index (χ3v) is 3.10. The van der Waals surface area contributed by atoms with Gasteiger partial charge in [0.05, 0.1) is 12.2 Å². The molecular formula is C14H16ClN3O2. The van der Waals surface area contributed by atoms with E-state index in [9.17, 15) is 4.79 Å². The van der Waals surface area contributed by atoms with Crippen molar-refractivity contribution in [2.75, 3.05) is 6.61 Å². The maximum Gasteiger partial charge on any atom is 0.172 e. The Kier molecular flexibility index (Phi) is 4.74. The molecule has 0 amide bonds. The summed E-state index contributed by atoms with van der Waals surface area (Å²) in [6.07, 6.45) is 0.735.